The molecule has 6 nitrogen and oxygen atoms in total. The third kappa shape index (κ3) is 2.33. The fraction of sp³-hybridized carbons (Fsp3) is 0.667. The van der Waals surface area contributed by atoms with Crippen LogP contribution in [0.25, 0.3) is 0 Å². The summed E-state index contributed by atoms with van der Waals surface area (Å²) >= 11 is 0. The van der Waals surface area contributed by atoms with E-state index in [-0.39, 0.29) is 11.9 Å². The Kier molecular flexibility index (Phi) is 2.96. The first-order valence-electron chi connectivity index (χ1n) is 4.85. The van der Waals surface area contributed by atoms with Crippen molar-refractivity contribution in [2.45, 2.75) is 13.0 Å². The van der Waals surface area contributed by atoms with Gasteiger partial charge in [0.2, 0.25) is 5.89 Å². The van der Waals surface area contributed by atoms with Crippen molar-refractivity contribution in [3.63, 3.8) is 0 Å². The number of hydrogen-bond donors (Lipinski definition) is 0. The molecule has 0 radical (unpaired) electrons. The molecule has 82 valence electrons. The van der Waals surface area contributed by atoms with Gasteiger partial charge in [-0.25, -0.2) is 0 Å². The smallest absolute Gasteiger partial charge is 0.310 e. The van der Waals surface area contributed by atoms with Crippen LogP contribution in [0.2, 0.25) is 0 Å². The van der Waals surface area contributed by atoms with Crippen molar-refractivity contribution in [3.8, 4) is 0 Å². The van der Waals surface area contributed by atoms with E-state index in [1.165, 1.54) is 13.4 Å². The largest absolute Gasteiger partial charge is 0.469 e. The van der Waals surface area contributed by atoms with Crippen LogP contribution < -0.4 is 0 Å². The first-order chi connectivity index (χ1) is 7.29. The zero-order valence-corrected chi connectivity index (χ0v) is 8.55. The van der Waals surface area contributed by atoms with Crippen molar-refractivity contribution < 1.29 is 14.1 Å². The van der Waals surface area contributed by atoms with Gasteiger partial charge in [0.1, 0.15) is 0 Å². The first-order valence-corrected chi connectivity index (χ1v) is 4.85. The number of carbonyl (C=O) groups excluding carboxylic acids is 1. The lowest BCUT2D eigenvalue weighted by molar-refractivity contribution is -0.144. The second-order valence-electron chi connectivity index (χ2n) is 3.58. The average Bonchev–Trinajstić information content (AvgIpc) is 2.88. The van der Waals surface area contributed by atoms with Crippen LogP contribution in [0, 0.1) is 5.92 Å². The predicted octanol–water partition coefficient (Wildman–Crippen LogP) is 0.0645. The Balaban J connectivity index is 1.85. The molecule has 1 saturated heterocycles. The van der Waals surface area contributed by atoms with Gasteiger partial charge in [-0.1, -0.05) is 5.16 Å². The van der Waals surface area contributed by atoms with E-state index >= 15 is 0 Å². The number of likely N-dealkylation sites (tertiary alicyclic amines) is 1. The van der Waals surface area contributed by atoms with Gasteiger partial charge in [0.15, 0.2) is 6.33 Å². The highest BCUT2D eigenvalue weighted by Gasteiger charge is 2.29. The number of aromatic nitrogens is 2. The van der Waals surface area contributed by atoms with Crippen LogP contribution in [0.4, 0.5) is 0 Å². The van der Waals surface area contributed by atoms with E-state index < -0.39 is 0 Å². The summed E-state index contributed by atoms with van der Waals surface area (Å²) in [6.07, 6.45) is 2.21. The maximum Gasteiger partial charge on any atom is 0.310 e. The molecule has 1 aromatic heterocycles. The Morgan fingerprint density at radius 1 is 1.80 bits per heavy atom. The molecule has 0 amide bonds. The van der Waals surface area contributed by atoms with Crippen molar-refractivity contribution in [1.82, 2.24) is 15.0 Å². The molecule has 0 saturated carbocycles. The van der Waals surface area contributed by atoms with Gasteiger partial charge >= 0.3 is 5.97 Å². The summed E-state index contributed by atoms with van der Waals surface area (Å²) < 4.78 is 9.60. The predicted molar refractivity (Wildman–Crippen MR) is 49.7 cm³/mol. The molecule has 1 aromatic rings. The van der Waals surface area contributed by atoms with Crippen LogP contribution in [-0.2, 0) is 16.1 Å². The summed E-state index contributed by atoms with van der Waals surface area (Å²) in [4.78, 5) is 17.3. The molecular weight excluding hydrogens is 198 g/mol. The van der Waals surface area contributed by atoms with Crippen LogP contribution in [-0.4, -0.2) is 41.2 Å². The molecule has 0 N–H and O–H groups in total. The second kappa shape index (κ2) is 4.39. The van der Waals surface area contributed by atoms with E-state index in [2.05, 4.69) is 15.0 Å². The molecule has 0 aliphatic carbocycles. The van der Waals surface area contributed by atoms with Crippen molar-refractivity contribution in [2.75, 3.05) is 20.2 Å². The van der Waals surface area contributed by atoms with Gasteiger partial charge in [-0.3, -0.25) is 9.69 Å². The molecule has 0 aromatic carbocycles. The Morgan fingerprint density at radius 2 is 2.67 bits per heavy atom. The van der Waals surface area contributed by atoms with Crippen LogP contribution in [0.3, 0.4) is 0 Å². The Bertz CT molecular complexity index is 325. The van der Waals surface area contributed by atoms with Gasteiger partial charge in [0.25, 0.3) is 0 Å². The summed E-state index contributed by atoms with van der Waals surface area (Å²) in [7, 11) is 1.42. The summed E-state index contributed by atoms with van der Waals surface area (Å²) in [6.45, 7) is 2.17. The van der Waals surface area contributed by atoms with E-state index in [0.717, 1.165) is 13.0 Å². The summed E-state index contributed by atoms with van der Waals surface area (Å²) in [5.74, 6) is 0.432. The highest BCUT2D eigenvalue weighted by atomic mass is 16.5. The monoisotopic (exact) mass is 211 g/mol. The third-order valence-corrected chi connectivity index (χ3v) is 2.57. The Labute approximate surface area is 87.2 Å². The number of rotatable bonds is 3. The van der Waals surface area contributed by atoms with Gasteiger partial charge in [0.05, 0.1) is 19.6 Å². The molecule has 0 bridgehead atoms. The Morgan fingerprint density at radius 3 is 3.33 bits per heavy atom. The highest BCUT2D eigenvalue weighted by Crippen LogP contribution is 2.18. The number of carbonyl (C=O) groups is 1. The zero-order chi connectivity index (χ0) is 10.7. The molecule has 1 unspecified atom stereocenters. The van der Waals surface area contributed by atoms with E-state index in [1.807, 2.05) is 0 Å². The maximum absolute atomic E-state index is 11.3. The number of ether oxygens (including phenoxy) is 1. The molecular formula is C9H13N3O3. The molecule has 0 spiro atoms. The number of nitrogens with zero attached hydrogens (tertiary/aromatic N) is 3. The molecule has 1 atom stereocenters. The number of esters is 1. The highest BCUT2D eigenvalue weighted by molar-refractivity contribution is 5.72. The standard InChI is InChI=1S/C9H13N3O3/c1-14-9(13)7-2-3-12(4-7)5-8-10-6-11-15-8/h6-7H,2-5H2,1H3. The molecule has 1 aliphatic heterocycles. The van der Waals surface area contributed by atoms with Crippen molar-refractivity contribution in [3.05, 3.63) is 12.2 Å². The molecule has 1 aliphatic rings. The van der Waals surface area contributed by atoms with Crippen molar-refractivity contribution >= 4 is 5.97 Å². The molecule has 2 heterocycles. The lowest BCUT2D eigenvalue weighted by Crippen LogP contribution is -2.23. The lowest BCUT2D eigenvalue weighted by atomic mass is 10.1. The summed E-state index contributed by atoms with van der Waals surface area (Å²) in [5, 5.41) is 3.53. The minimum Gasteiger partial charge on any atom is -0.469 e. The first kappa shape index (κ1) is 10.1. The Hall–Kier alpha value is -1.43. The number of hydrogen-bond acceptors (Lipinski definition) is 6. The minimum atomic E-state index is -0.136. The topological polar surface area (TPSA) is 68.5 Å². The molecule has 6 heteroatoms. The molecule has 2 rings (SSSR count). The third-order valence-electron chi connectivity index (χ3n) is 2.57. The fourth-order valence-electron chi connectivity index (χ4n) is 1.79. The molecule has 1 fully saturated rings. The van der Waals surface area contributed by atoms with Crippen molar-refractivity contribution in [1.29, 1.82) is 0 Å². The van der Waals surface area contributed by atoms with Crippen LogP contribution in [0.5, 0.6) is 0 Å². The van der Waals surface area contributed by atoms with E-state index in [0.29, 0.717) is 19.0 Å². The molecule has 15 heavy (non-hydrogen) atoms. The van der Waals surface area contributed by atoms with Crippen LogP contribution >= 0.6 is 0 Å². The van der Waals surface area contributed by atoms with E-state index in [9.17, 15) is 4.79 Å². The fourth-order valence-corrected chi connectivity index (χ4v) is 1.79. The van der Waals surface area contributed by atoms with Crippen LogP contribution in [0.1, 0.15) is 12.3 Å². The van der Waals surface area contributed by atoms with Gasteiger partial charge in [-0.05, 0) is 13.0 Å². The zero-order valence-electron chi connectivity index (χ0n) is 8.55. The van der Waals surface area contributed by atoms with Gasteiger partial charge in [-0.15, -0.1) is 0 Å². The normalized spacial score (nSPS) is 21.8. The SMILES string of the molecule is COC(=O)C1CCN(Cc2ncno2)C1. The van der Waals surface area contributed by atoms with Gasteiger partial charge < -0.3 is 9.26 Å². The maximum atomic E-state index is 11.3. The lowest BCUT2D eigenvalue weighted by Gasteiger charge is -2.11. The van der Waals surface area contributed by atoms with Gasteiger partial charge in [0, 0.05) is 6.54 Å². The van der Waals surface area contributed by atoms with Crippen molar-refractivity contribution in [2.24, 2.45) is 5.92 Å². The minimum absolute atomic E-state index is 0.0158. The van der Waals surface area contributed by atoms with Gasteiger partial charge in [-0.2, -0.15) is 4.98 Å². The summed E-state index contributed by atoms with van der Waals surface area (Å²) in [6, 6.07) is 0. The van der Waals surface area contributed by atoms with E-state index in [4.69, 9.17) is 9.26 Å². The quantitative estimate of drug-likeness (QED) is 0.659. The van der Waals surface area contributed by atoms with Crippen LogP contribution in [0.15, 0.2) is 10.9 Å². The summed E-state index contributed by atoms with van der Waals surface area (Å²) in [5.41, 5.74) is 0. The number of methoxy groups -OCH3 is 1. The average molecular weight is 211 g/mol. The second-order valence-corrected chi connectivity index (χ2v) is 3.58. The van der Waals surface area contributed by atoms with E-state index in [1.54, 1.807) is 0 Å².